The van der Waals surface area contributed by atoms with Gasteiger partial charge in [-0.3, -0.25) is 4.90 Å². The highest BCUT2D eigenvalue weighted by Crippen LogP contribution is 2.40. The lowest BCUT2D eigenvalue weighted by Crippen LogP contribution is -2.51. The van der Waals surface area contributed by atoms with Crippen molar-refractivity contribution in [3.05, 3.63) is 0 Å². The second-order valence-electron chi connectivity index (χ2n) is 6.77. The fourth-order valence-corrected chi connectivity index (χ4v) is 3.19. The molecule has 3 rings (SSSR count). The van der Waals surface area contributed by atoms with Gasteiger partial charge in [0.2, 0.25) is 0 Å². The van der Waals surface area contributed by atoms with E-state index in [2.05, 4.69) is 17.1 Å². The number of rotatable bonds is 6. The molecule has 1 atom stereocenters. The summed E-state index contributed by atoms with van der Waals surface area (Å²) in [7, 11) is 0. The molecule has 1 aliphatic heterocycles. The summed E-state index contributed by atoms with van der Waals surface area (Å²) >= 11 is 0. The van der Waals surface area contributed by atoms with Gasteiger partial charge in [-0.25, -0.2) is 0 Å². The molecule has 104 valence electrons. The van der Waals surface area contributed by atoms with Gasteiger partial charge in [0, 0.05) is 25.2 Å². The summed E-state index contributed by atoms with van der Waals surface area (Å²) in [6, 6.07) is 0. The van der Waals surface area contributed by atoms with Crippen LogP contribution in [-0.4, -0.2) is 49.8 Å². The molecule has 0 radical (unpaired) electrons. The van der Waals surface area contributed by atoms with Crippen molar-refractivity contribution in [2.45, 2.75) is 44.6 Å². The van der Waals surface area contributed by atoms with Gasteiger partial charge in [-0.2, -0.15) is 0 Å². The third-order valence-electron chi connectivity index (χ3n) is 4.81. The average molecular weight is 252 g/mol. The van der Waals surface area contributed by atoms with Gasteiger partial charge in [-0.1, -0.05) is 0 Å². The molecule has 3 aliphatic rings. The third-order valence-corrected chi connectivity index (χ3v) is 4.81. The van der Waals surface area contributed by atoms with E-state index in [4.69, 9.17) is 4.74 Å². The summed E-state index contributed by atoms with van der Waals surface area (Å²) in [6.45, 7) is 9.12. The Kier molecular flexibility index (Phi) is 3.92. The summed E-state index contributed by atoms with van der Waals surface area (Å²) in [6.07, 6.45) is 6.93. The smallest absolute Gasteiger partial charge is 0.0593 e. The van der Waals surface area contributed by atoms with Gasteiger partial charge in [0.05, 0.1) is 6.61 Å². The largest absolute Gasteiger partial charge is 0.380 e. The summed E-state index contributed by atoms with van der Waals surface area (Å²) < 4.78 is 5.78. The molecule has 0 bridgehead atoms. The number of nitrogens with one attached hydrogen (secondary N) is 1. The highest BCUT2D eigenvalue weighted by molar-refractivity contribution is 5.00. The Morgan fingerprint density at radius 3 is 2.83 bits per heavy atom. The van der Waals surface area contributed by atoms with Crippen LogP contribution in [0.4, 0.5) is 0 Å². The van der Waals surface area contributed by atoms with E-state index in [0.29, 0.717) is 5.54 Å². The fourth-order valence-electron chi connectivity index (χ4n) is 3.19. The lowest BCUT2D eigenvalue weighted by molar-refractivity contribution is 0.0885. The summed E-state index contributed by atoms with van der Waals surface area (Å²) in [5.41, 5.74) is 0.368. The van der Waals surface area contributed by atoms with Crippen LogP contribution in [0, 0.1) is 11.8 Å². The molecule has 3 nitrogen and oxygen atoms in total. The van der Waals surface area contributed by atoms with Crippen molar-refractivity contribution in [2.24, 2.45) is 11.8 Å². The minimum atomic E-state index is 0.368. The van der Waals surface area contributed by atoms with Crippen molar-refractivity contribution in [1.29, 1.82) is 0 Å². The highest BCUT2D eigenvalue weighted by atomic mass is 16.5. The first kappa shape index (κ1) is 12.9. The molecule has 1 unspecified atom stereocenters. The average Bonchev–Trinajstić information content (AvgIpc) is 3.18. The topological polar surface area (TPSA) is 24.5 Å². The first-order valence-corrected chi connectivity index (χ1v) is 7.81. The lowest BCUT2D eigenvalue weighted by atomic mass is 9.95. The third kappa shape index (κ3) is 3.46. The molecule has 3 fully saturated rings. The van der Waals surface area contributed by atoms with Crippen LogP contribution in [0.1, 0.15) is 39.0 Å². The minimum absolute atomic E-state index is 0.368. The van der Waals surface area contributed by atoms with Crippen molar-refractivity contribution in [2.75, 3.05) is 39.4 Å². The first-order valence-electron chi connectivity index (χ1n) is 7.81. The van der Waals surface area contributed by atoms with Crippen molar-refractivity contribution in [3.8, 4) is 0 Å². The van der Waals surface area contributed by atoms with Crippen LogP contribution in [-0.2, 0) is 4.74 Å². The predicted molar refractivity (Wildman–Crippen MR) is 73.7 cm³/mol. The van der Waals surface area contributed by atoms with E-state index in [1.807, 2.05) is 0 Å². The Balaban J connectivity index is 1.41. The Morgan fingerprint density at radius 1 is 1.28 bits per heavy atom. The molecule has 2 saturated carbocycles. The van der Waals surface area contributed by atoms with Crippen molar-refractivity contribution < 1.29 is 4.74 Å². The molecule has 0 aromatic carbocycles. The zero-order chi connectivity index (χ0) is 12.4. The van der Waals surface area contributed by atoms with Crippen molar-refractivity contribution in [1.82, 2.24) is 10.2 Å². The van der Waals surface area contributed by atoms with Gasteiger partial charge in [-0.05, 0) is 64.0 Å². The molecular formula is C15H28N2O. The lowest BCUT2D eigenvalue weighted by Gasteiger charge is -2.33. The van der Waals surface area contributed by atoms with Crippen LogP contribution in [0.25, 0.3) is 0 Å². The molecule has 0 aromatic rings. The molecule has 2 aliphatic carbocycles. The van der Waals surface area contributed by atoms with Gasteiger partial charge in [0.15, 0.2) is 0 Å². The van der Waals surface area contributed by atoms with E-state index >= 15 is 0 Å². The molecule has 1 N–H and O–H groups in total. The standard InChI is InChI=1S/C15H28N2O/c1-15(14-5-6-14)12-17(8-2-7-16-15)9-10-18-11-13-3-4-13/h13-14,16H,2-12H2,1H3. The maximum Gasteiger partial charge on any atom is 0.0593 e. The van der Waals surface area contributed by atoms with Crippen molar-refractivity contribution in [3.63, 3.8) is 0 Å². The SMILES string of the molecule is CC1(C2CC2)CN(CCOCC2CC2)CCCN1. The Hall–Kier alpha value is -0.120. The van der Waals surface area contributed by atoms with Gasteiger partial charge in [0.25, 0.3) is 0 Å². The van der Waals surface area contributed by atoms with E-state index in [1.54, 1.807) is 0 Å². The first-order chi connectivity index (χ1) is 8.76. The van der Waals surface area contributed by atoms with E-state index in [0.717, 1.165) is 31.6 Å². The van der Waals surface area contributed by atoms with Crippen LogP contribution in [0.2, 0.25) is 0 Å². The number of hydrogen-bond acceptors (Lipinski definition) is 3. The van der Waals surface area contributed by atoms with Gasteiger partial charge < -0.3 is 10.1 Å². The van der Waals surface area contributed by atoms with Crippen LogP contribution in [0.15, 0.2) is 0 Å². The Labute approximate surface area is 111 Å². The monoisotopic (exact) mass is 252 g/mol. The maximum absolute atomic E-state index is 5.78. The summed E-state index contributed by atoms with van der Waals surface area (Å²) in [5.74, 6) is 1.82. The molecule has 0 spiro atoms. The van der Waals surface area contributed by atoms with E-state index < -0.39 is 0 Å². The van der Waals surface area contributed by atoms with Crippen LogP contribution < -0.4 is 5.32 Å². The Morgan fingerprint density at radius 2 is 2.11 bits per heavy atom. The summed E-state index contributed by atoms with van der Waals surface area (Å²) in [4.78, 5) is 2.62. The molecule has 1 saturated heterocycles. The molecule has 0 amide bonds. The van der Waals surface area contributed by atoms with Crippen LogP contribution in [0.5, 0.6) is 0 Å². The van der Waals surface area contributed by atoms with Gasteiger partial charge >= 0.3 is 0 Å². The maximum atomic E-state index is 5.78. The highest BCUT2D eigenvalue weighted by Gasteiger charge is 2.42. The predicted octanol–water partition coefficient (Wildman–Crippen LogP) is 1.88. The van der Waals surface area contributed by atoms with Gasteiger partial charge in [-0.15, -0.1) is 0 Å². The Bertz CT molecular complexity index is 276. The number of ether oxygens (including phenoxy) is 1. The normalized spacial score (nSPS) is 34.5. The molecular weight excluding hydrogens is 224 g/mol. The van der Waals surface area contributed by atoms with E-state index in [1.165, 1.54) is 51.7 Å². The van der Waals surface area contributed by atoms with Crippen LogP contribution >= 0.6 is 0 Å². The van der Waals surface area contributed by atoms with Crippen molar-refractivity contribution >= 4 is 0 Å². The molecule has 3 heteroatoms. The van der Waals surface area contributed by atoms with E-state index in [-0.39, 0.29) is 0 Å². The zero-order valence-electron chi connectivity index (χ0n) is 11.8. The summed E-state index contributed by atoms with van der Waals surface area (Å²) in [5, 5.41) is 3.79. The fraction of sp³-hybridized carbons (Fsp3) is 1.00. The zero-order valence-corrected chi connectivity index (χ0v) is 11.8. The minimum Gasteiger partial charge on any atom is -0.380 e. The van der Waals surface area contributed by atoms with Gasteiger partial charge in [0.1, 0.15) is 0 Å². The van der Waals surface area contributed by atoms with E-state index in [9.17, 15) is 0 Å². The molecule has 18 heavy (non-hydrogen) atoms. The molecule has 1 heterocycles. The quantitative estimate of drug-likeness (QED) is 0.731. The second-order valence-corrected chi connectivity index (χ2v) is 6.77. The second kappa shape index (κ2) is 5.48. The number of nitrogens with zero attached hydrogens (tertiary/aromatic N) is 1. The molecule has 0 aromatic heterocycles. The van der Waals surface area contributed by atoms with Crippen LogP contribution in [0.3, 0.4) is 0 Å². The number of hydrogen-bond donors (Lipinski definition) is 1.